The van der Waals surface area contributed by atoms with Gasteiger partial charge < -0.3 is 6.16 Å². The molecule has 6 nitrogen and oxygen atoms in total. The number of rotatable bonds is 13. The number of esters is 1. The van der Waals surface area contributed by atoms with Crippen molar-refractivity contribution in [2.45, 2.75) is 77.7 Å². The fourth-order valence-corrected chi connectivity index (χ4v) is 2.44. The molecule has 0 saturated carbocycles. The Balaban J connectivity index is -0.00000200. The Hall–Kier alpha value is 0.340. The first-order valence-electron chi connectivity index (χ1n) is 7.66. The van der Waals surface area contributed by atoms with Crippen molar-refractivity contribution in [2.75, 3.05) is 6.61 Å². The average molecular weight is 348 g/mol. The van der Waals surface area contributed by atoms with Gasteiger partial charge in [-0.25, -0.2) is 4.18 Å². The van der Waals surface area contributed by atoms with Crippen LogP contribution in [0.4, 0.5) is 0 Å². The zero-order valence-electron chi connectivity index (χ0n) is 15.0. The number of unbranched alkanes of at least 4 members (excludes halogenated alkanes) is 7. The fourth-order valence-electron chi connectivity index (χ4n) is 1.96. The van der Waals surface area contributed by atoms with Crippen LogP contribution in [0, 0.1) is 0 Å². The van der Waals surface area contributed by atoms with Crippen molar-refractivity contribution in [3.05, 3.63) is 0 Å². The smallest absolute Gasteiger partial charge is 1.00 e. The van der Waals surface area contributed by atoms with Gasteiger partial charge in [0.15, 0.2) is 0 Å². The molecular formula is C14H29NaO6S. The summed E-state index contributed by atoms with van der Waals surface area (Å²) in [5, 5.41) is 0. The van der Waals surface area contributed by atoms with Crippen LogP contribution in [0.25, 0.3) is 0 Å². The monoisotopic (exact) mass is 348 g/mol. The van der Waals surface area contributed by atoms with Gasteiger partial charge in [0.25, 0.3) is 0 Å². The van der Waals surface area contributed by atoms with E-state index in [2.05, 4.69) is 11.1 Å². The van der Waals surface area contributed by atoms with Crippen LogP contribution in [0.3, 0.4) is 0 Å². The maximum atomic E-state index is 11.4. The molecule has 0 rings (SSSR count). The number of ether oxygens (including phenoxy) is 1. The van der Waals surface area contributed by atoms with Crippen LogP contribution in [0.2, 0.25) is 0 Å². The SMILES string of the molecule is CCCCCCCCCCOC(=O)CC(C)OS(=O)(=O)O.[H-].[Na+]. The average Bonchev–Trinajstić information content (AvgIpc) is 2.34. The molecule has 0 aromatic rings. The normalized spacial score (nSPS) is 12.5. The second kappa shape index (κ2) is 14.9. The largest absolute Gasteiger partial charge is 1.00 e. The summed E-state index contributed by atoms with van der Waals surface area (Å²) in [6.45, 7) is 3.91. The predicted molar refractivity (Wildman–Crippen MR) is 81.4 cm³/mol. The summed E-state index contributed by atoms with van der Waals surface area (Å²) in [7, 11) is -4.52. The Bertz CT molecular complexity index is 377. The molecule has 128 valence electrons. The first-order valence-corrected chi connectivity index (χ1v) is 9.03. The standard InChI is InChI=1S/C14H28O6S.Na.H/c1-3-4-5-6-7-8-9-10-11-19-14(15)12-13(2)20-21(16,17)18;;/h13H,3-12H2,1-2H3,(H,16,17,18);;/q;+1;-1. The Morgan fingerprint density at radius 2 is 1.59 bits per heavy atom. The summed E-state index contributed by atoms with van der Waals surface area (Å²) in [6, 6.07) is 0. The third-order valence-electron chi connectivity index (χ3n) is 3.00. The minimum Gasteiger partial charge on any atom is -1.00 e. The molecule has 0 aromatic heterocycles. The second-order valence-corrected chi connectivity index (χ2v) is 6.28. The molecule has 0 heterocycles. The van der Waals surface area contributed by atoms with E-state index in [0.29, 0.717) is 6.61 Å². The molecule has 1 unspecified atom stereocenters. The molecule has 0 bridgehead atoms. The van der Waals surface area contributed by atoms with Gasteiger partial charge in [-0.2, -0.15) is 8.42 Å². The summed E-state index contributed by atoms with van der Waals surface area (Å²) >= 11 is 0. The van der Waals surface area contributed by atoms with Crippen molar-refractivity contribution < 1.29 is 57.7 Å². The minimum absolute atomic E-state index is 0. The predicted octanol–water partition coefficient (Wildman–Crippen LogP) is 0.385. The number of hydrogen-bond acceptors (Lipinski definition) is 5. The Morgan fingerprint density at radius 3 is 2.09 bits per heavy atom. The number of carbonyl (C=O) groups is 1. The van der Waals surface area contributed by atoms with E-state index in [1.165, 1.54) is 39.0 Å². The third-order valence-corrected chi connectivity index (χ3v) is 3.57. The van der Waals surface area contributed by atoms with Crippen molar-refractivity contribution in [1.82, 2.24) is 0 Å². The van der Waals surface area contributed by atoms with E-state index in [1.807, 2.05) is 0 Å². The van der Waals surface area contributed by atoms with Crippen LogP contribution < -0.4 is 29.6 Å². The molecule has 0 saturated heterocycles. The van der Waals surface area contributed by atoms with E-state index in [9.17, 15) is 13.2 Å². The third kappa shape index (κ3) is 18.4. The van der Waals surface area contributed by atoms with Crippen LogP contribution in [0.15, 0.2) is 0 Å². The van der Waals surface area contributed by atoms with Crippen LogP contribution in [-0.2, 0) is 24.1 Å². The van der Waals surface area contributed by atoms with Crippen molar-refractivity contribution in [2.24, 2.45) is 0 Å². The van der Waals surface area contributed by atoms with Crippen molar-refractivity contribution >= 4 is 16.4 Å². The van der Waals surface area contributed by atoms with Crippen molar-refractivity contribution in [3.8, 4) is 0 Å². The minimum atomic E-state index is -4.52. The Morgan fingerprint density at radius 1 is 1.09 bits per heavy atom. The van der Waals surface area contributed by atoms with Crippen LogP contribution in [0.5, 0.6) is 0 Å². The van der Waals surface area contributed by atoms with Crippen LogP contribution >= 0.6 is 0 Å². The molecule has 0 spiro atoms. The van der Waals surface area contributed by atoms with Gasteiger partial charge in [0.05, 0.1) is 19.1 Å². The zero-order chi connectivity index (χ0) is 16.1. The van der Waals surface area contributed by atoms with Gasteiger partial charge in [-0.1, -0.05) is 51.9 Å². The Labute approximate surface area is 158 Å². The summed E-state index contributed by atoms with van der Waals surface area (Å²) < 4.78 is 38.5. The van der Waals surface area contributed by atoms with Gasteiger partial charge in [-0.3, -0.25) is 9.35 Å². The number of carbonyl (C=O) groups excluding carboxylic acids is 1. The van der Waals surface area contributed by atoms with Crippen molar-refractivity contribution in [3.63, 3.8) is 0 Å². The molecule has 0 aliphatic heterocycles. The topological polar surface area (TPSA) is 89.9 Å². The molecule has 0 aliphatic rings. The van der Waals surface area contributed by atoms with Crippen LogP contribution in [0.1, 0.15) is 73.1 Å². The quantitative estimate of drug-likeness (QED) is 0.224. The van der Waals surface area contributed by atoms with Crippen molar-refractivity contribution in [1.29, 1.82) is 0 Å². The summed E-state index contributed by atoms with van der Waals surface area (Å²) in [5.74, 6) is -0.519. The molecule has 0 radical (unpaired) electrons. The zero-order valence-corrected chi connectivity index (χ0v) is 16.9. The van der Waals surface area contributed by atoms with Gasteiger partial charge >= 0.3 is 45.9 Å². The molecule has 8 heteroatoms. The summed E-state index contributed by atoms with van der Waals surface area (Å²) in [4.78, 5) is 11.4. The molecule has 0 fully saturated rings. The van der Waals surface area contributed by atoms with E-state index in [4.69, 9.17) is 9.29 Å². The first-order chi connectivity index (χ1) is 9.85. The van der Waals surface area contributed by atoms with Gasteiger partial charge in [0.1, 0.15) is 0 Å². The van der Waals surface area contributed by atoms with Crippen LogP contribution in [-0.4, -0.2) is 31.7 Å². The van der Waals surface area contributed by atoms with E-state index in [1.54, 1.807) is 0 Å². The second-order valence-electron chi connectivity index (χ2n) is 5.23. The maximum absolute atomic E-state index is 11.4. The van der Waals surface area contributed by atoms with E-state index in [-0.39, 0.29) is 37.4 Å². The summed E-state index contributed by atoms with van der Waals surface area (Å²) in [5.41, 5.74) is 0. The molecule has 22 heavy (non-hydrogen) atoms. The molecule has 1 N–H and O–H groups in total. The Kier molecular flexibility index (Phi) is 16.7. The van der Waals surface area contributed by atoms with Gasteiger partial charge in [0, 0.05) is 0 Å². The summed E-state index contributed by atoms with van der Waals surface area (Å²) in [6.07, 6.45) is 8.16. The molecule has 0 amide bonds. The van der Waals surface area contributed by atoms with Gasteiger partial charge in [-0.15, -0.1) is 0 Å². The fraction of sp³-hybridized carbons (Fsp3) is 0.929. The maximum Gasteiger partial charge on any atom is 1.00 e. The molecular weight excluding hydrogens is 319 g/mol. The van der Waals surface area contributed by atoms with E-state index in [0.717, 1.165) is 19.3 Å². The molecule has 0 aromatic carbocycles. The number of hydrogen-bond donors (Lipinski definition) is 1. The first kappa shape index (κ1) is 24.6. The van der Waals surface area contributed by atoms with E-state index < -0.39 is 22.5 Å². The molecule has 0 aliphatic carbocycles. The van der Waals surface area contributed by atoms with Gasteiger partial charge in [0.2, 0.25) is 0 Å². The molecule has 1 atom stereocenters. The van der Waals surface area contributed by atoms with E-state index >= 15 is 0 Å². The van der Waals surface area contributed by atoms with Gasteiger partial charge in [-0.05, 0) is 13.3 Å².